The minimum Gasteiger partial charge on any atom is -0.421 e. The fourth-order valence-corrected chi connectivity index (χ4v) is 3.01. The van der Waals surface area contributed by atoms with Gasteiger partial charge < -0.3 is 9.73 Å². The van der Waals surface area contributed by atoms with Gasteiger partial charge >= 0.3 is 6.18 Å². The summed E-state index contributed by atoms with van der Waals surface area (Å²) in [5.74, 6) is -0.336. The van der Waals surface area contributed by atoms with E-state index in [9.17, 15) is 13.2 Å². The Labute approximate surface area is 132 Å². The molecule has 3 rings (SSSR count). The number of aryl methyl sites for hydroxylation is 1. The summed E-state index contributed by atoms with van der Waals surface area (Å²) in [5.41, 5.74) is 1.52. The number of hydrogen-bond donors (Lipinski definition) is 1. The molecular formula is C16H18F3N3O. The quantitative estimate of drug-likeness (QED) is 0.897. The molecular weight excluding hydrogens is 307 g/mol. The van der Waals surface area contributed by atoms with Crippen LogP contribution in [0.5, 0.6) is 0 Å². The molecule has 7 heteroatoms. The molecule has 1 saturated carbocycles. The Hall–Kier alpha value is -2.05. The predicted molar refractivity (Wildman–Crippen MR) is 79.9 cm³/mol. The average Bonchev–Trinajstić information content (AvgIpc) is 2.94. The average molecular weight is 325 g/mol. The molecule has 1 heterocycles. The van der Waals surface area contributed by atoms with Gasteiger partial charge in [-0.25, -0.2) is 0 Å². The van der Waals surface area contributed by atoms with Crippen LogP contribution in [0, 0.1) is 12.8 Å². The highest BCUT2D eigenvalue weighted by molar-refractivity contribution is 5.61. The van der Waals surface area contributed by atoms with Gasteiger partial charge in [-0.2, -0.15) is 13.2 Å². The largest absolute Gasteiger partial charge is 0.421 e. The third kappa shape index (κ3) is 3.83. The summed E-state index contributed by atoms with van der Waals surface area (Å²) in [6.45, 7) is 1.71. The zero-order valence-corrected chi connectivity index (χ0v) is 12.7. The smallest absolute Gasteiger partial charge is 0.391 e. The minimum atomic E-state index is -4.11. The molecule has 2 aromatic rings. The van der Waals surface area contributed by atoms with Crippen LogP contribution in [0.3, 0.4) is 0 Å². The van der Waals surface area contributed by atoms with E-state index in [2.05, 4.69) is 15.5 Å². The molecule has 1 aliphatic carbocycles. The van der Waals surface area contributed by atoms with Crippen molar-refractivity contribution in [1.29, 1.82) is 0 Å². The van der Waals surface area contributed by atoms with Crippen molar-refractivity contribution >= 4 is 5.69 Å². The van der Waals surface area contributed by atoms with Gasteiger partial charge in [0.15, 0.2) is 0 Å². The zero-order valence-electron chi connectivity index (χ0n) is 12.7. The molecule has 1 N–H and O–H groups in total. The van der Waals surface area contributed by atoms with Crippen molar-refractivity contribution in [3.63, 3.8) is 0 Å². The maximum atomic E-state index is 12.9. The summed E-state index contributed by atoms with van der Waals surface area (Å²) in [7, 11) is 0. The second-order valence-electron chi connectivity index (χ2n) is 5.95. The molecule has 0 aliphatic heterocycles. The van der Waals surface area contributed by atoms with E-state index in [4.69, 9.17) is 4.42 Å². The monoisotopic (exact) mass is 325 g/mol. The van der Waals surface area contributed by atoms with Gasteiger partial charge in [-0.15, -0.1) is 10.2 Å². The first-order valence-corrected chi connectivity index (χ1v) is 7.65. The Kier molecular flexibility index (Phi) is 4.28. The Morgan fingerprint density at radius 2 is 2.04 bits per heavy atom. The second-order valence-corrected chi connectivity index (χ2v) is 5.95. The van der Waals surface area contributed by atoms with E-state index in [1.165, 1.54) is 0 Å². The number of nitrogens with one attached hydrogen (secondary N) is 1. The third-order valence-electron chi connectivity index (χ3n) is 4.14. The van der Waals surface area contributed by atoms with Crippen molar-refractivity contribution in [3.8, 4) is 11.5 Å². The van der Waals surface area contributed by atoms with Crippen molar-refractivity contribution in [1.82, 2.24) is 10.2 Å². The molecule has 0 spiro atoms. The van der Waals surface area contributed by atoms with E-state index in [-0.39, 0.29) is 18.9 Å². The lowest BCUT2D eigenvalue weighted by molar-refractivity contribution is -0.182. The van der Waals surface area contributed by atoms with E-state index in [1.54, 1.807) is 6.92 Å². The zero-order chi connectivity index (χ0) is 16.4. The van der Waals surface area contributed by atoms with E-state index < -0.39 is 12.1 Å². The fraction of sp³-hybridized carbons (Fsp3) is 0.500. The SMILES string of the molecule is Cc1nnc(-c2cccc(NC3CCCC(C(F)(F)F)C3)c2)o1. The number of halogens is 3. The van der Waals surface area contributed by atoms with Gasteiger partial charge in [0.25, 0.3) is 0 Å². The summed E-state index contributed by atoms with van der Waals surface area (Å²) < 4.78 is 44.0. The molecule has 2 unspecified atom stereocenters. The number of hydrogen-bond acceptors (Lipinski definition) is 4. The lowest BCUT2D eigenvalue weighted by Gasteiger charge is -2.31. The van der Waals surface area contributed by atoms with Crippen LogP contribution in [0.1, 0.15) is 31.6 Å². The summed E-state index contributed by atoms with van der Waals surface area (Å²) in [4.78, 5) is 0. The van der Waals surface area contributed by atoms with Gasteiger partial charge in [0.05, 0.1) is 5.92 Å². The lowest BCUT2D eigenvalue weighted by Crippen LogP contribution is -2.34. The van der Waals surface area contributed by atoms with Crippen LogP contribution in [0.2, 0.25) is 0 Å². The highest BCUT2D eigenvalue weighted by Crippen LogP contribution is 2.38. The molecule has 4 nitrogen and oxygen atoms in total. The van der Waals surface area contributed by atoms with Crippen LogP contribution < -0.4 is 5.32 Å². The van der Waals surface area contributed by atoms with Gasteiger partial charge in [0.1, 0.15) is 0 Å². The highest BCUT2D eigenvalue weighted by atomic mass is 19.4. The fourth-order valence-electron chi connectivity index (χ4n) is 3.01. The topological polar surface area (TPSA) is 51.0 Å². The Morgan fingerprint density at radius 1 is 1.22 bits per heavy atom. The maximum Gasteiger partial charge on any atom is 0.391 e. The van der Waals surface area contributed by atoms with Crippen LogP contribution >= 0.6 is 0 Å². The molecule has 0 bridgehead atoms. The Balaban J connectivity index is 1.71. The molecule has 0 radical (unpaired) electrons. The van der Waals surface area contributed by atoms with E-state index >= 15 is 0 Å². The maximum absolute atomic E-state index is 12.9. The number of anilines is 1. The molecule has 1 fully saturated rings. The number of benzene rings is 1. The van der Waals surface area contributed by atoms with Gasteiger partial charge in [-0.05, 0) is 37.5 Å². The molecule has 0 amide bonds. The molecule has 2 atom stereocenters. The molecule has 0 saturated heterocycles. The molecule has 1 aliphatic rings. The number of nitrogens with zero attached hydrogens (tertiary/aromatic N) is 2. The van der Waals surface area contributed by atoms with Crippen LogP contribution in [0.25, 0.3) is 11.5 Å². The van der Waals surface area contributed by atoms with Crippen LogP contribution in [0.4, 0.5) is 18.9 Å². The van der Waals surface area contributed by atoms with Gasteiger partial charge in [0.2, 0.25) is 11.8 Å². The van der Waals surface area contributed by atoms with Gasteiger partial charge in [0, 0.05) is 24.2 Å². The predicted octanol–water partition coefficient (Wildman–Crippen LogP) is 4.58. The van der Waals surface area contributed by atoms with Crippen LogP contribution in [-0.2, 0) is 0 Å². The lowest BCUT2D eigenvalue weighted by atomic mass is 9.85. The molecule has 124 valence electrons. The minimum absolute atomic E-state index is 0.118. The van der Waals surface area contributed by atoms with E-state index in [1.807, 2.05) is 24.3 Å². The van der Waals surface area contributed by atoms with Crippen molar-refractivity contribution in [2.45, 2.75) is 44.8 Å². The number of aromatic nitrogens is 2. The third-order valence-corrected chi connectivity index (χ3v) is 4.14. The summed E-state index contributed by atoms with van der Waals surface area (Å²) in [6, 6.07) is 7.14. The van der Waals surface area contributed by atoms with Crippen molar-refractivity contribution in [2.75, 3.05) is 5.32 Å². The Bertz CT molecular complexity index is 669. The second kappa shape index (κ2) is 6.22. The van der Waals surface area contributed by atoms with Gasteiger partial charge in [-0.1, -0.05) is 12.5 Å². The van der Waals surface area contributed by atoms with Crippen molar-refractivity contribution in [2.24, 2.45) is 5.92 Å². The van der Waals surface area contributed by atoms with E-state index in [0.29, 0.717) is 18.2 Å². The van der Waals surface area contributed by atoms with Gasteiger partial charge in [-0.3, -0.25) is 0 Å². The van der Waals surface area contributed by atoms with Crippen molar-refractivity contribution < 1.29 is 17.6 Å². The van der Waals surface area contributed by atoms with E-state index in [0.717, 1.165) is 17.7 Å². The summed E-state index contributed by atoms with van der Waals surface area (Å²) in [5, 5.41) is 10.9. The van der Waals surface area contributed by atoms with Crippen LogP contribution in [-0.4, -0.2) is 22.4 Å². The summed E-state index contributed by atoms with van der Waals surface area (Å²) >= 11 is 0. The van der Waals surface area contributed by atoms with Crippen molar-refractivity contribution in [3.05, 3.63) is 30.2 Å². The first kappa shape index (κ1) is 15.8. The number of alkyl halides is 3. The first-order chi connectivity index (χ1) is 10.9. The molecule has 1 aromatic heterocycles. The molecule has 1 aromatic carbocycles. The Morgan fingerprint density at radius 3 is 2.74 bits per heavy atom. The molecule has 23 heavy (non-hydrogen) atoms. The summed E-state index contributed by atoms with van der Waals surface area (Å²) in [6.07, 6.45) is -2.43. The highest BCUT2D eigenvalue weighted by Gasteiger charge is 2.42. The first-order valence-electron chi connectivity index (χ1n) is 7.65. The standard InChI is InChI=1S/C16H18F3N3O/c1-10-21-22-15(23-10)11-4-2-6-13(8-11)20-14-7-3-5-12(9-14)16(17,18)19/h2,4,6,8,12,14,20H,3,5,7,9H2,1H3. The normalized spacial score (nSPS) is 22.1. The van der Waals surface area contributed by atoms with Crippen LogP contribution in [0.15, 0.2) is 28.7 Å². The number of rotatable bonds is 3.